The van der Waals surface area contributed by atoms with Gasteiger partial charge in [0.15, 0.2) is 0 Å². The summed E-state index contributed by atoms with van der Waals surface area (Å²) >= 11 is 0. The lowest BCUT2D eigenvalue weighted by molar-refractivity contribution is -0.141. The van der Waals surface area contributed by atoms with E-state index < -0.39 is 11.9 Å². The molecule has 0 fully saturated rings. The summed E-state index contributed by atoms with van der Waals surface area (Å²) in [7, 11) is 1.48. The van der Waals surface area contributed by atoms with Gasteiger partial charge in [0.05, 0.1) is 12.6 Å². The number of aryl methyl sites for hydroxylation is 2. The topological polar surface area (TPSA) is 22.1 Å². The summed E-state index contributed by atoms with van der Waals surface area (Å²) in [6.45, 7) is 3.35. The van der Waals surface area contributed by atoms with Gasteiger partial charge in [0.25, 0.3) is 0 Å². The zero-order valence-electron chi connectivity index (χ0n) is 10.2. The maximum atomic E-state index is 12.7. The molecule has 1 heterocycles. The van der Waals surface area contributed by atoms with Gasteiger partial charge in [-0.2, -0.15) is 13.2 Å². The minimum atomic E-state index is -4.44. The van der Waals surface area contributed by atoms with Crippen LogP contribution in [0.15, 0.2) is 18.2 Å². The Kier molecular flexibility index (Phi) is 2.92. The Morgan fingerprint density at radius 2 is 1.83 bits per heavy atom. The lowest BCUT2D eigenvalue weighted by Crippen LogP contribution is -2.09. The quantitative estimate of drug-likeness (QED) is 0.771. The highest BCUT2D eigenvalue weighted by molar-refractivity contribution is 5.86. The third kappa shape index (κ3) is 2.00. The van der Waals surface area contributed by atoms with Crippen LogP contribution in [-0.4, -0.2) is 12.1 Å². The fourth-order valence-corrected chi connectivity index (χ4v) is 1.95. The van der Waals surface area contributed by atoms with Crippen molar-refractivity contribution in [3.05, 3.63) is 35.0 Å². The average molecular weight is 255 g/mol. The number of hydrogen-bond donors (Lipinski definition) is 0. The largest absolute Gasteiger partial charge is 0.496 e. The van der Waals surface area contributed by atoms with Gasteiger partial charge in [-0.3, -0.25) is 0 Å². The molecule has 0 spiro atoms. The molecule has 18 heavy (non-hydrogen) atoms. The maximum absolute atomic E-state index is 12.7. The molecule has 0 amide bonds. The van der Waals surface area contributed by atoms with Crippen LogP contribution >= 0.6 is 0 Å². The van der Waals surface area contributed by atoms with Gasteiger partial charge in [-0.15, -0.1) is 0 Å². The van der Waals surface area contributed by atoms with Gasteiger partial charge in [-0.1, -0.05) is 0 Å². The second-order valence-electron chi connectivity index (χ2n) is 4.11. The van der Waals surface area contributed by atoms with E-state index in [1.54, 1.807) is 26.0 Å². The zero-order chi connectivity index (χ0) is 13.5. The van der Waals surface area contributed by atoms with E-state index in [0.29, 0.717) is 27.8 Å². The van der Waals surface area contributed by atoms with Gasteiger partial charge in [0.2, 0.25) is 0 Å². The SMILES string of the molecule is COc1ccc2c(C)cc(C(F)(F)F)nc2c1C. The summed E-state index contributed by atoms with van der Waals surface area (Å²) in [5.41, 5.74) is 0.632. The number of nitrogens with zero attached hydrogens (tertiary/aromatic N) is 1. The molecular formula is C13H12F3NO. The van der Waals surface area contributed by atoms with Crippen molar-refractivity contribution in [3.63, 3.8) is 0 Å². The highest BCUT2D eigenvalue weighted by Crippen LogP contribution is 2.33. The lowest BCUT2D eigenvalue weighted by atomic mass is 10.0. The van der Waals surface area contributed by atoms with Gasteiger partial charge >= 0.3 is 6.18 Å². The van der Waals surface area contributed by atoms with Crippen molar-refractivity contribution in [1.29, 1.82) is 0 Å². The second-order valence-corrected chi connectivity index (χ2v) is 4.11. The Morgan fingerprint density at radius 1 is 1.17 bits per heavy atom. The lowest BCUT2D eigenvalue weighted by Gasteiger charge is -2.12. The normalized spacial score (nSPS) is 11.9. The van der Waals surface area contributed by atoms with E-state index in [1.165, 1.54) is 7.11 Å². The minimum absolute atomic E-state index is 0.335. The molecule has 0 saturated heterocycles. The number of methoxy groups -OCH3 is 1. The molecule has 0 aliphatic heterocycles. The molecular weight excluding hydrogens is 243 g/mol. The third-order valence-corrected chi connectivity index (χ3v) is 2.90. The van der Waals surface area contributed by atoms with Crippen LogP contribution in [-0.2, 0) is 6.18 Å². The van der Waals surface area contributed by atoms with Gasteiger partial charge in [-0.05, 0) is 37.6 Å². The molecule has 96 valence electrons. The average Bonchev–Trinajstić information content (AvgIpc) is 2.29. The van der Waals surface area contributed by atoms with E-state index in [-0.39, 0.29) is 0 Å². The van der Waals surface area contributed by atoms with Crippen LogP contribution in [0.5, 0.6) is 5.75 Å². The number of benzene rings is 1. The van der Waals surface area contributed by atoms with Crippen LogP contribution in [0.1, 0.15) is 16.8 Å². The van der Waals surface area contributed by atoms with Crippen molar-refractivity contribution in [2.75, 3.05) is 7.11 Å². The number of alkyl halides is 3. The number of fused-ring (bicyclic) bond motifs is 1. The minimum Gasteiger partial charge on any atom is -0.496 e. The highest BCUT2D eigenvalue weighted by Gasteiger charge is 2.33. The fourth-order valence-electron chi connectivity index (χ4n) is 1.95. The molecule has 0 aliphatic carbocycles. The number of pyridine rings is 1. The molecule has 0 aliphatic rings. The molecule has 2 rings (SSSR count). The van der Waals surface area contributed by atoms with Crippen LogP contribution in [0.3, 0.4) is 0 Å². The first-order valence-corrected chi connectivity index (χ1v) is 5.36. The van der Waals surface area contributed by atoms with E-state index in [2.05, 4.69) is 4.98 Å². The molecule has 0 atom stereocenters. The molecule has 2 nitrogen and oxygen atoms in total. The molecule has 0 bridgehead atoms. The first-order chi connectivity index (χ1) is 8.34. The van der Waals surface area contributed by atoms with E-state index in [4.69, 9.17) is 4.74 Å². The summed E-state index contributed by atoms with van der Waals surface area (Å²) < 4.78 is 43.2. The Bertz CT molecular complexity index is 605. The smallest absolute Gasteiger partial charge is 0.433 e. The van der Waals surface area contributed by atoms with Crippen LogP contribution in [0, 0.1) is 13.8 Å². The number of halogens is 3. The van der Waals surface area contributed by atoms with E-state index in [0.717, 1.165) is 6.07 Å². The maximum Gasteiger partial charge on any atom is 0.433 e. The van der Waals surface area contributed by atoms with Gasteiger partial charge in [0.1, 0.15) is 11.4 Å². The molecule has 1 aromatic carbocycles. The van der Waals surface area contributed by atoms with Crippen molar-refractivity contribution < 1.29 is 17.9 Å². The Hall–Kier alpha value is -1.78. The van der Waals surface area contributed by atoms with Crippen LogP contribution in [0.4, 0.5) is 13.2 Å². The number of hydrogen-bond acceptors (Lipinski definition) is 2. The zero-order valence-corrected chi connectivity index (χ0v) is 10.2. The van der Waals surface area contributed by atoms with E-state index >= 15 is 0 Å². The summed E-state index contributed by atoms with van der Waals surface area (Å²) in [4.78, 5) is 3.71. The van der Waals surface area contributed by atoms with Crippen molar-refractivity contribution in [2.24, 2.45) is 0 Å². The predicted molar refractivity (Wildman–Crippen MR) is 62.8 cm³/mol. The number of rotatable bonds is 1. The van der Waals surface area contributed by atoms with Gasteiger partial charge in [0, 0.05) is 10.9 Å². The van der Waals surface area contributed by atoms with E-state index in [1.807, 2.05) is 0 Å². The van der Waals surface area contributed by atoms with Crippen molar-refractivity contribution >= 4 is 10.9 Å². The molecule has 0 saturated carbocycles. The first-order valence-electron chi connectivity index (χ1n) is 5.36. The Balaban J connectivity index is 2.81. The molecule has 2 aromatic rings. The van der Waals surface area contributed by atoms with E-state index in [9.17, 15) is 13.2 Å². The molecule has 5 heteroatoms. The van der Waals surface area contributed by atoms with Crippen molar-refractivity contribution in [1.82, 2.24) is 4.98 Å². The summed E-state index contributed by atoms with van der Waals surface area (Å²) in [6.07, 6.45) is -4.44. The predicted octanol–water partition coefficient (Wildman–Crippen LogP) is 3.88. The molecule has 0 unspecified atom stereocenters. The second kappa shape index (κ2) is 4.15. The van der Waals surface area contributed by atoms with Gasteiger partial charge < -0.3 is 4.74 Å². The summed E-state index contributed by atoms with van der Waals surface area (Å²) in [5.74, 6) is 0.536. The third-order valence-electron chi connectivity index (χ3n) is 2.90. The van der Waals surface area contributed by atoms with Crippen LogP contribution < -0.4 is 4.74 Å². The van der Waals surface area contributed by atoms with Crippen LogP contribution in [0.25, 0.3) is 10.9 Å². The molecule has 0 N–H and O–H groups in total. The Morgan fingerprint density at radius 3 is 2.39 bits per heavy atom. The van der Waals surface area contributed by atoms with Crippen molar-refractivity contribution in [2.45, 2.75) is 20.0 Å². The van der Waals surface area contributed by atoms with Crippen molar-refractivity contribution in [3.8, 4) is 5.75 Å². The molecule has 1 aromatic heterocycles. The summed E-state index contributed by atoms with van der Waals surface area (Å²) in [6, 6.07) is 4.53. The molecule has 0 radical (unpaired) electrons. The Labute approximate surface area is 102 Å². The number of ether oxygens (including phenoxy) is 1. The highest BCUT2D eigenvalue weighted by atomic mass is 19.4. The number of aromatic nitrogens is 1. The first kappa shape index (κ1) is 12.7. The van der Waals surface area contributed by atoms with Crippen LogP contribution in [0.2, 0.25) is 0 Å². The summed E-state index contributed by atoms with van der Waals surface area (Å²) in [5, 5.41) is 0.710. The standard InChI is InChI=1S/C13H12F3NO/c1-7-6-11(13(14,15)16)17-12-8(2)10(18-3)5-4-9(7)12/h4-6H,1-3H3. The fraction of sp³-hybridized carbons (Fsp3) is 0.308. The monoisotopic (exact) mass is 255 g/mol. The van der Waals surface area contributed by atoms with Gasteiger partial charge in [-0.25, -0.2) is 4.98 Å².